The quantitative estimate of drug-likeness (QED) is 0.265. The number of para-hydroxylation sites is 1. The molecule has 5 atom stereocenters. The first kappa shape index (κ1) is 23.6. The lowest BCUT2D eigenvalue weighted by Crippen LogP contribution is -2.35. The number of aliphatic hydroxyl groups is 3. The van der Waals surface area contributed by atoms with E-state index in [1.165, 1.54) is 0 Å². The summed E-state index contributed by atoms with van der Waals surface area (Å²) in [6, 6.07) is 17.5. The third-order valence-electron chi connectivity index (χ3n) is 6.60. The van der Waals surface area contributed by atoms with Gasteiger partial charge >= 0.3 is 0 Å². The van der Waals surface area contributed by atoms with Crippen molar-refractivity contribution < 1.29 is 15.3 Å². The van der Waals surface area contributed by atoms with E-state index >= 15 is 0 Å². The number of aryl methyl sites for hydroxylation is 1. The fourth-order valence-electron chi connectivity index (χ4n) is 4.62. The van der Waals surface area contributed by atoms with Crippen molar-refractivity contribution in [2.45, 2.75) is 44.6 Å². The van der Waals surface area contributed by atoms with Gasteiger partial charge < -0.3 is 26.0 Å². The molecule has 5 N–H and O–H groups in total. The average molecular weight is 492 g/mol. The second kappa shape index (κ2) is 9.87. The Kier molecular flexibility index (Phi) is 6.66. The summed E-state index contributed by atoms with van der Waals surface area (Å²) in [4.78, 5) is 14.3. The highest BCUT2D eigenvalue weighted by Crippen LogP contribution is 2.38. The van der Waals surface area contributed by atoms with Crippen molar-refractivity contribution in [1.29, 1.82) is 0 Å². The highest BCUT2D eigenvalue weighted by atomic mass is 32.1. The van der Waals surface area contributed by atoms with Gasteiger partial charge in [-0.1, -0.05) is 42.5 Å². The van der Waals surface area contributed by atoms with Gasteiger partial charge in [0.25, 0.3) is 0 Å². The number of hydrogen-bond acceptors (Lipinski definition) is 9. The molecular weight excluding hydrogens is 462 g/mol. The summed E-state index contributed by atoms with van der Waals surface area (Å²) in [6.07, 6.45) is -1.60. The van der Waals surface area contributed by atoms with Gasteiger partial charge in [0.05, 0.1) is 39.7 Å². The van der Waals surface area contributed by atoms with Gasteiger partial charge in [-0.2, -0.15) is 4.98 Å². The van der Waals surface area contributed by atoms with E-state index in [-0.39, 0.29) is 12.6 Å². The minimum Gasteiger partial charge on any atom is -0.396 e. The Morgan fingerprint density at radius 2 is 1.74 bits per heavy atom. The van der Waals surface area contributed by atoms with Gasteiger partial charge in [-0.3, -0.25) is 0 Å². The van der Waals surface area contributed by atoms with Crippen molar-refractivity contribution in [3.8, 4) is 10.6 Å². The predicted molar refractivity (Wildman–Crippen MR) is 138 cm³/mol. The Labute approximate surface area is 207 Å². The second-order valence-corrected chi connectivity index (χ2v) is 10.1. The van der Waals surface area contributed by atoms with Crippen LogP contribution in [0.3, 0.4) is 0 Å². The smallest absolute Gasteiger partial charge is 0.225 e. The summed E-state index contributed by atoms with van der Waals surface area (Å²) in [5, 5.41) is 38.1. The fourth-order valence-corrected chi connectivity index (χ4v) is 5.68. The fraction of sp³-hybridized carbons (Fsp3) is 0.346. The minimum absolute atomic E-state index is 0.0191. The molecular formula is C26H29N5O3S. The van der Waals surface area contributed by atoms with E-state index in [1.54, 1.807) is 11.3 Å². The number of aromatic nitrogens is 3. The van der Waals surface area contributed by atoms with Crippen LogP contribution in [0.2, 0.25) is 0 Å². The number of nitrogens with zero attached hydrogens (tertiary/aromatic N) is 3. The highest BCUT2D eigenvalue weighted by molar-refractivity contribution is 7.21. The Hall–Kier alpha value is -3.11. The number of aliphatic hydroxyl groups excluding tert-OH is 3. The molecule has 1 saturated carbocycles. The van der Waals surface area contributed by atoms with E-state index in [2.05, 4.69) is 10.6 Å². The molecule has 2 heterocycles. The van der Waals surface area contributed by atoms with Crippen LogP contribution in [0.15, 0.2) is 54.6 Å². The van der Waals surface area contributed by atoms with Crippen LogP contribution in [0.1, 0.15) is 30.6 Å². The van der Waals surface area contributed by atoms with E-state index in [1.807, 2.05) is 68.4 Å². The van der Waals surface area contributed by atoms with Crippen LogP contribution >= 0.6 is 11.3 Å². The molecule has 2 aromatic heterocycles. The molecule has 0 unspecified atom stereocenters. The monoisotopic (exact) mass is 491 g/mol. The molecule has 1 aliphatic carbocycles. The van der Waals surface area contributed by atoms with Gasteiger partial charge in [0.1, 0.15) is 16.9 Å². The Balaban J connectivity index is 1.54. The summed E-state index contributed by atoms with van der Waals surface area (Å²) in [5.74, 6) is 0.596. The molecule has 0 amide bonds. The van der Waals surface area contributed by atoms with Crippen LogP contribution in [0.4, 0.5) is 11.8 Å². The summed E-state index contributed by atoms with van der Waals surface area (Å²) in [7, 11) is 0. The number of thiazole rings is 1. The standard InChI is InChI=1S/C26H29N5O3S/c1-14(16-8-4-3-5-9-16)27-26-28-15(2)21(25-30-18-10-6-7-11-20(18)35-25)24(31-26)29-19-12-17(13-32)22(33)23(19)34/h3-11,14,17,19,22-23,32-34H,12-13H2,1-2H3,(H2,27,28,29,31)/t14-,17+,19+,22+,23-/m0/s1. The molecule has 0 radical (unpaired) electrons. The average Bonchev–Trinajstić information content (AvgIpc) is 3.40. The van der Waals surface area contributed by atoms with Gasteiger partial charge in [-0.05, 0) is 38.0 Å². The number of hydrogen-bond donors (Lipinski definition) is 5. The molecule has 0 aliphatic heterocycles. The Morgan fingerprint density at radius 3 is 2.46 bits per heavy atom. The maximum Gasteiger partial charge on any atom is 0.225 e. The van der Waals surface area contributed by atoms with Crippen molar-refractivity contribution in [3.63, 3.8) is 0 Å². The van der Waals surface area contributed by atoms with E-state index in [0.717, 1.165) is 32.0 Å². The van der Waals surface area contributed by atoms with Gasteiger partial charge in [0.15, 0.2) is 0 Å². The van der Waals surface area contributed by atoms with Crippen molar-refractivity contribution >= 4 is 33.3 Å². The summed E-state index contributed by atoms with van der Waals surface area (Å²) in [6.45, 7) is 3.78. The van der Waals surface area contributed by atoms with Crippen LogP contribution in [0.5, 0.6) is 0 Å². The first-order valence-electron chi connectivity index (χ1n) is 11.7. The van der Waals surface area contributed by atoms with Crippen molar-refractivity contribution in [3.05, 3.63) is 65.9 Å². The van der Waals surface area contributed by atoms with Gasteiger partial charge in [-0.15, -0.1) is 11.3 Å². The lowest BCUT2D eigenvalue weighted by Gasteiger charge is -2.22. The molecule has 2 aromatic carbocycles. The molecule has 5 rings (SSSR count). The van der Waals surface area contributed by atoms with Crippen LogP contribution in [-0.4, -0.2) is 55.1 Å². The summed E-state index contributed by atoms with van der Waals surface area (Å²) in [5.41, 5.74) is 3.52. The van der Waals surface area contributed by atoms with Crippen molar-refractivity contribution in [2.75, 3.05) is 17.2 Å². The molecule has 0 bridgehead atoms. The van der Waals surface area contributed by atoms with E-state index in [4.69, 9.17) is 15.0 Å². The van der Waals surface area contributed by atoms with Crippen LogP contribution in [0.25, 0.3) is 20.8 Å². The molecule has 0 spiro atoms. The van der Waals surface area contributed by atoms with Gasteiger partial charge in [0, 0.05) is 12.5 Å². The van der Waals surface area contributed by atoms with Crippen LogP contribution in [0, 0.1) is 12.8 Å². The third-order valence-corrected chi connectivity index (χ3v) is 7.66. The first-order chi connectivity index (χ1) is 16.9. The third kappa shape index (κ3) is 4.72. The van der Waals surface area contributed by atoms with E-state index < -0.39 is 24.2 Å². The van der Waals surface area contributed by atoms with Crippen LogP contribution < -0.4 is 10.6 Å². The second-order valence-electron chi connectivity index (χ2n) is 9.03. The molecule has 8 nitrogen and oxygen atoms in total. The van der Waals surface area contributed by atoms with E-state index in [9.17, 15) is 15.3 Å². The zero-order chi connectivity index (χ0) is 24.5. The zero-order valence-electron chi connectivity index (χ0n) is 19.6. The molecule has 1 fully saturated rings. The molecule has 35 heavy (non-hydrogen) atoms. The van der Waals surface area contributed by atoms with E-state index in [0.29, 0.717) is 18.2 Å². The number of anilines is 2. The summed E-state index contributed by atoms with van der Waals surface area (Å²) < 4.78 is 1.06. The Morgan fingerprint density at radius 1 is 1.00 bits per heavy atom. The lowest BCUT2D eigenvalue weighted by atomic mass is 10.1. The molecule has 1 aliphatic rings. The number of nitrogens with one attached hydrogen (secondary N) is 2. The molecule has 9 heteroatoms. The molecule has 182 valence electrons. The number of rotatable bonds is 7. The predicted octanol–water partition coefficient (Wildman–Crippen LogP) is 3.75. The lowest BCUT2D eigenvalue weighted by molar-refractivity contribution is 0.00446. The highest BCUT2D eigenvalue weighted by Gasteiger charge is 2.41. The largest absolute Gasteiger partial charge is 0.396 e. The minimum atomic E-state index is -1.02. The summed E-state index contributed by atoms with van der Waals surface area (Å²) >= 11 is 1.56. The first-order valence-corrected chi connectivity index (χ1v) is 12.6. The van der Waals surface area contributed by atoms with Gasteiger partial charge in [0.2, 0.25) is 5.95 Å². The zero-order valence-corrected chi connectivity index (χ0v) is 20.4. The number of fused-ring (bicyclic) bond motifs is 1. The van der Waals surface area contributed by atoms with Crippen molar-refractivity contribution in [1.82, 2.24) is 15.0 Å². The maximum absolute atomic E-state index is 10.6. The SMILES string of the molecule is Cc1nc(N[C@@H](C)c2ccccc2)nc(N[C@@H]2C[C@H](CO)[C@@H](O)[C@H]2O)c1-c1nc2ccccc2s1. The molecule has 0 saturated heterocycles. The molecule has 4 aromatic rings. The topological polar surface area (TPSA) is 123 Å². The van der Waals surface area contributed by atoms with Crippen molar-refractivity contribution in [2.24, 2.45) is 5.92 Å². The van der Waals surface area contributed by atoms with Crippen LogP contribution in [-0.2, 0) is 0 Å². The maximum atomic E-state index is 10.6. The Bertz CT molecular complexity index is 1280. The normalized spacial score (nSPS) is 22.9. The van der Waals surface area contributed by atoms with Gasteiger partial charge in [-0.25, -0.2) is 9.97 Å². The number of benzene rings is 2.